The SMILES string of the molecule is Cl.Cl.[CH2]=[Zr]([C]1=CC(C(C)(C)C)=CC1C)([c]1ccccc1)([c]1ccc(C)cc1)[c]1c(C(C)(C)C)ccc2c1Cc1cc(C(C)(C)C)ccc1-2. The van der Waals surface area contributed by atoms with E-state index in [-0.39, 0.29) is 41.1 Å². The summed E-state index contributed by atoms with van der Waals surface area (Å²) in [7, 11) is 0. The molecule has 0 bridgehead atoms. The van der Waals surface area contributed by atoms with E-state index in [0.717, 1.165) is 6.42 Å². The standard InChI is InChI=1S/C21H25.C10H15.C7H7.C6H5.CH2.2ClH.Zr/c1-20(2,3)16-7-9-18-14(12-16)11-15-13-17(21(4,5)6)8-10-19(15)18;1-8-5-6-9(7-8)10(2,3)4;1-7-5-3-2-4-6-7;1-2-4-6-5-3-1;;;;/h7-10,12H,11H2,1-6H3;6-8H,1-4H3;3-6H,1H3;1-5H;1H2;2*1H;. The Morgan fingerprint density at radius 1 is 0.667 bits per heavy atom. The van der Waals surface area contributed by atoms with Crippen LogP contribution in [0.5, 0.6) is 0 Å². The normalized spacial score (nSPS) is 16.3. The Hall–Kier alpha value is -2.31. The molecule has 4 aromatic carbocycles. The van der Waals surface area contributed by atoms with Crippen molar-refractivity contribution in [3.8, 4) is 11.1 Å². The van der Waals surface area contributed by atoms with Crippen LogP contribution >= 0.6 is 24.8 Å². The third-order valence-corrected chi connectivity index (χ3v) is 27.8. The number of halogens is 2. The molecule has 0 N–H and O–H groups in total. The van der Waals surface area contributed by atoms with Crippen molar-refractivity contribution in [1.82, 2.24) is 0 Å². The van der Waals surface area contributed by atoms with Crippen molar-refractivity contribution in [1.29, 1.82) is 0 Å². The number of fused-ring (bicyclic) bond motifs is 3. The van der Waals surface area contributed by atoms with Crippen molar-refractivity contribution in [3.63, 3.8) is 0 Å². The predicted octanol–water partition coefficient (Wildman–Crippen LogP) is 10.9. The fraction of sp³-hybridized carbons (Fsp3) is 0.356. The zero-order valence-corrected chi connectivity index (χ0v) is 35.1. The summed E-state index contributed by atoms with van der Waals surface area (Å²) in [6.45, 7) is 25.9. The molecule has 3 heteroatoms. The quantitative estimate of drug-likeness (QED) is 0.171. The maximum absolute atomic E-state index is 5.87. The van der Waals surface area contributed by atoms with Gasteiger partial charge in [-0.1, -0.05) is 0 Å². The minimum atomic E-state index is -4.99. The van der Waals surface area contributed by atoms with Crippen molar-refractivity contribution >= 4 is 38.8 Å². The minimum absolute atomic E-state index is 0. The van der Waals surface area contributed by atoms with Gasteiger partial charge in [-0.15, -0.1) is 24.8 Å². The summed E-state index contributed by atoms with van der Waals surface area (Å²) < 4.78 is 11.9. The number of aryl methyl sites for hydroxylation is 1. The Morgan fingerprint density at radius 3 is 1.79 bits per heavy atom. The third kappa shape index (κ3) is 5.95. The Morgan fingerprint density at radius 2 is 1.25 bits per heavy atom. The van der Waals surface area contributed by atoms with Crippen molar-refractivity contribution in [2.24, 2.45) is 11.3 Å². The summed E-state index contributed by atoms with van der Waals surface area (Å²) in [5.74, 6) is 0.291. The van der Waals surface area contributed by atoms with Gasteiger partial charge in [0, 0.05) is 0 Å². The van der Waals surface area contributed by atoms with Gasteiger partial charge in [0.2, 0.25) is 0 Å². The van der Waals surface area contributed by atoms with Crippen LogP contribution in [-0.2, 0) is 35.5 Å². The topological polar surface area (TPSA) is 0 Å². The van der Waals surface area contributed by atoms with Gasteiger partial charge in [-0.3, -0.25) is 0 Å². The number of benzene rings is 4. The van der Waals surface area contributed by atoms with Gasteiger partial charge in [-0.05, 0) is 0 Å². The summed E-state index contributed by atoms with van der Waals surface area (Å²) in [5, 5.41) is 0. The zero-order chi connectivity index (χ0) is 33.5. The van der Waals surface area contributed by atoms with Crippen LogP contribution in [0.1, 0.15) is 97.1 Å². The molecule has 0 nitrogen and oxygen atoms in total. The van der Waals surface area contributed by atoms with Crippen molar-refractivity contribution < 1.29 is 18.3 Å². The molecule has 254 valence electrons. The van der Waals surface area contributed by atoms with Gasteiger partial charge in [-0.25, -0.2) is 0 Å². The first kappa shape index (κ1) is 38.5. The maximum atomic E-state index is 5.87. The average molecular weight is 759 g/mol. The van der Waals surface area contributed by atoms with E-state index in [1.807, 2.05) is 0 Å². The molecular weight excluding hydrogens is 703 g/mol. The van der Waals surface area contributed by atoms with Gasteiger partial charge in [0.15, 0.2) is 0 Å². The van der Waals surface area contributed by atoms with Crippen LogP contribution in [0.3, 0.4) is 0 Å². The van der Waals surface area contributed by atoms with Crippen LogP contribution in [0.15, 0.2) is 106 Å². The van der Waals surface area contributed by atoms with Crippen molar-refractivity contribution in [2.45, 2.75) is 93.4 Å². The molecule has 0 saturated heterocycles. The van der Waals surface area contributed by atoms with Gasteiger partial charge in [-0.2, -0.15) is 0 Å². The van der Waals surface area contributed by atoms with Crippen LogP contribution in [-0.4, -0.2) is 4.21 Å². The summed E-state index contributed by atoms with van der Waals surface area (Å²) >= 11 is -4.99. The second-order valence-electron chi connectivity index (χ2n) is 17.5. The molecule has 6 rings (SSSR count). The average Bonchev–Trinajstić information content (AvgIpc) is 3.57. The monoisotopic (exact) mass is 756 g/mol. The fourth-order valence-corrected chi connectivity index (χ4v) is 26.2. The molecule has 2 aliphatic carbocycles. The van der Waals surface area contributed by atoms with Crippen LogP contribution in [0.25, 0.3) is 11.1 Å². The Balaban J connectivity index is 0.00000260. The van der Waals surface area contributed by atoms with Crippen LogP contribution < -0.4 is 9.81 Å². The molecule has 0 saturated carbocycles. The van der Waals surface area contributed by atoms with Crippen molar-refractivity contribution in [3.05, 3.63) is 134 Å². The molecule has 1 unspecified atom stereocenters. The predicted molar refractivity (Wildman–Crippen MR) is 215 cm³/mol. The van der Waals surface area contributed by atoms with Gasteiger partial charge in [0.05, 0.1) is 0 Å². The number of rotatable bonds is 4. The first-order valence-corrected chi connectivity index (χ1v) is 23.9. The Labute approximate surface area is 304 Å². The molecule has 1 atom stereocenters. The number of hydrogen-bond donors (Lipinski definition) is 0. The summed E-state index contributed by atoms with van der Waals surface area (Å²) in [6, 6.07) is 33.3. The van der Waals surface area contributed by atoms with E-state index < -0.39 is 18.3 Å². The molecule has 0 amide bonds. The number of hydrogen-bond acceptors (Lipinski definition) is 0. The van der Waals surface area contributed by atoms with Crippen LogP contribution in [0.2, 0.25) is 0 Å². The van der Waals surface area contributed by atoms with E-state index in [9.17, 15) is 0 Å². The summed E-state index contributed by atoms with van der Waals surface area (Å²) in [5.41, 5.74) is 11.4. The molecule has 0 radical (unpaired) electrons. The van der Waals surface area contributed by atoms with E-state index in [1.165, 1.54) is 51.1 Å². The second-order valence-corrected chi connectivity index (χ2v) is 30.2. The van der Waals surface area contributed by atoms with Gasteiger partial charge in [0.1, 0.15) is 0 Å². The molecule has 2 aliphatic rings. The van der Waals surface area contributed by atoms with Crippen molar-refractivity contribution in [2.75, 3.05) is 0 Å². The Kier molecular flexibility index (Phi) is 10.3. The van der Waals surface area contributed by atoms with E-state index in [2.05, 4.69) is 173 Å². The first-order chi connectivity index (χ1) is 21.3. The second kappa shape index (κ2) is 12.8. The van der Waals surface area contributed by atoms with Crippen LogP contribution in [0.4, 0.5) is 0 Å². The van der Waals surface area contributed by atoms with E-state index in [4.69, 9.17) is 4.21 Å². The molecule has 0 spiro atoms. The van der Waals surface area contributed by atoms with Gasteiger partial charge in [0.25, 0.3) is 0 Å². The molecule has 4 aromatic rings. The molecule has 0 aromatic heterocycles. The summed E-state index contributed by atoms with van der Waals surface area (Å²) in [4.78, 5) is 0. The fourth-order valence-electron chi connectivity index (χ4n) is 8.49. The van der Waals surface area contributed by atoms with E-state index in [1.54, 1.807) is 6.55 Å². The zero-order valence-electron chi connectivity index (χ0n) is 31.0. The Bertz CT molecular complexity index is 1970. The molecule has 0 aliphatic heterocycles. The third-order valence-electron chi connectivity index (χ3n) is 11.1. The van der Waals surface area contributed by atoms with E-state index in [0.29, 0.717) is 5.92 Å². The van der Waals surface area contributed by atoms with Gasteiger partial charge >= 0.3 is 282 Å². The van der Waals surface area contributed by atoms with Crippen LogP contribution in [0, 0.1) is 18.3 Å². The summed E-state index contributed by atoms with van der Waals surface area (Å²) in [6.07, 6.45) is 6.11. The van der Waals surface area contributed by atoms with Gasteiger partial charge < -0.3 is 0 Å². The van der Waals surface area contributed by atoms with E-state index >= 15 is 0 Å². The molecule has 0 heterocycles. The number of allylic oxidation sites excluding steroid dienone is 4. The first-order valence-electron chi connectivity index (χ1n) is 17.3. The molecule has 48 heavy (non-hydrogen) atoms. The molecular formula is C45H56Cl2Zr. The molecule has 0 fully saturated rings.